The zero-order valence-corrected chi connectivity index (χ0v) is 16.1. The number of carboxylic acid groups (broad SMARTS) is 1. The number of aliphatic imine (C=N–C) groups is 1. The molecular formula is C20H18N2O5S. The van der Waals surface area contributed by atoms with Crippen LogP contribution in [0.2, 0.25) is 0 Å². The number of thioether (sulfide) groups is 1. The van der Waals surface area contributed by atoms with Crippen molar-refractivity contribution in [3.8, 4) is 11.5 Å². The average molecular weight is 398 g/mol. The Kier molecular flexibility index (Phi) is 5.70. The van der Waals surface area contributed by atoms with Gasteiger partial charge in [-0.3, -0.25) is 9.69 Å². The van der Waals surface area contributed by atoms with Crippen molar-refractivity contribution in [2.75, 3.05) is 13.7 Å². The van der Waals surface area contributed by atoms with Crippen molar-refractivity contribution in [2.45, 2.75) is 6.92 Å². The summed E-state index contributed by atoms with van der Waals surface area (Å²) in [5.41, 5.74) is 1.24. The molecule has 1 amide bonds. The zero-order valence-electron chi connectivity index (χ0n) is 15.2. The van der Waals surface area contributed by atoms with Gasteiger partial charge in [-0.25, -0.2) is 9.79 Å². The van der Waals surface area contributed by atoms with Crippen LogP contribution < -0.4 is 4.74 Å². The van der Waals surface area contributed by atoms with Crippen LogP contribution in [0, 0.1) is 0 Å². The summed E-state index contributed by atoms with van der Waals surface area (Å²) in [7, 11) is 1.46. The van der Waals surface area contributed by atoms with E-state index in [4.69, 9.17) is 9.84 Å². The van der Waals surface area contributed by atoms with Gasteiger partial charge in [-0.1, -0.05) is 12.1 Å². The molecule has 2 aromatic rings. The molecule has 0 spiro atoms. The molecule has 8 heteroatoms. The molecule has 2 N–H and O–H groups in total. The van der Waals surface area contributed by atoms with Gasteiger partial charge in [0, 0.05) is 6.54 Å². The number of aromatic hydroxyl groups is 1. The Balaban J connectivity index is 1.93. The molecule has 0 unspecified atom stereocenters. The molecule has 1 heterocycles. The van der Waals surface area contributed by atoms with Crippen LogP contribution >= 0.6 is 11.8 Å². The number of likely N-dealkylation sites (N-methyl/N-ethyl adjacent to an activating group) is 1. The van der Waals surface area contributed by atoms with Gasteiger partial charge in [0.15, 0.2) is 16.7 Å². The van der Waals surface area contributed by atoms with Crippen LogP contribution in [0.4, 0.5) is 5.69 Å². The first-order chi connectivity index (χ1) is 13.4. The van der Waals surface area contributed by atoms with Gasteiger partial charge in [-0.05, 0) is 60.7 Å². The van der Waals surface area contributed by atoms with E-state index in [1.165, 1.54) is 42.0 Å². The smallest absolute Gasteiger partial charge is 0.335 e. The fourth-order valence-corrected chi connectivity index (χ4v) is 3.70. The number of nitrogens with zero attached hydrogens (tertiary/aromatic N) is 2. The fraction of sp³-hybridized carbons (Fsp3) is 0.150. The lowest BCUT2D eigenvalue weighted by molar-refractivity contribution is -0.122. The number of benzene rings is 2. The third kappa shape index (κ3) is 4.01. The number of phenols is 1. The summed E-state index contributed by atoms with van der Waals surface area (Å²) in [6, 6.07) is 11.1. The second kappa shape index (κ2) is 8.18. The monoisotopic (exact) mass is 398 g/mol. The van der Waals surface area contributed by atoms with E-state index in [1.807, 2.05) is 6.92 Å². The molecular weight excluding hydrogens is 380 g/mol. The Labute approximate surface area is 166 Å². The molecule has 1 aliphatic rings. The van der Waals surface area contributed by atoms with E-state index in [0.29, 0.717) is 33.6 Å². The largest absolute Gasteiger partial charge is 0.504 e. The number of rotatable bonds is 5. The number of methoxy groups -OCH3 is 1. The summed E-state index contributed by atoms with van der Waals surface area (Å²) in [5.74, 6) is -0.900. The molecule has 3 rings (SSSR count). The highest BCUT2D eigenvalue weighted by Crippen LogP contribution is 2.35. The molecule has 0 aromatic heterocycles. The standard InChI is InChI=1S/C20H18N2O5S/c1-3-22-18(24)17(10-12-7-8-16(27-2)15(23)9-12)28-20(22)21-14-6-4-5-13(11-14)19(25)26/h4-11,23H,3H2,1-2H3,(H,25,26)/b17-10-,21-20?. The van der Waals surface area contributed by atoms with Crippen molar-refractivity contribution in [3.05, 3.63) is 58.5 Å². The third-order valence-electron chi connectivity index (χ3n) is 4.02. The number of carboxylic acids is 1. The van der Waals surface area contributed by atoms with Crippen LogP contribution in [-0.2, 0) is 4.79 Å². The first-order valence-corrected chi connectivity index (χ1v) is 9.25. The highest BCUT2D eigenvalue weighted by Gasteiger charge is 2.32. The van der Waals surface area contributed by atoms with Crippen molar-refractivity contribution in [3.63, 3.8) is 0 Å². The van der Waals surface area contributed by atoms with Gasteiger partial charge in [0.05, 0.1) is 23.3 Å². The number of phenolic OH excluding ortho intramolecular Hbond substituents is 1. The molecule has 28 heavy (non-hydrogen) atoms. The molecule has 7 nitrogen and oxygen atoms in total. The van der Waals surface area contributed by atoms with Crippen LogP contribution in [0.5, 0.6) is 11.5 Å². The summed E-state index contributed by atoms with van der Waals surface area (Å²) in [6.07, 6.45) is 1.67. The topological polar surface area (TPSA) is 99.4 Å². The fourth-order valence-electron chi connectivity index (χ4n) is 2.64. The van der Waals surface area contributed by atoms with E-state index in [1.54, 1.807) is 30.3 Å². The molecule has 0 radical (unpaired) electrons. The number of hydrogen-bond acceptors (Lipinski definition) is 6. The summed E-state index contributed by atoms with van der Waals surface area (Å²) in [5, 5.41) is 19.5. The molecule has 0 saturated carbocycles. The molecule has 144 valence electrons. The van der Waals surface area contributed by atoms with Crippen LogP contribution in [0.1, 0.15) is 22.8 Å². The van der Waals surface area contributed by atoms with Gasteiger partial charge in [0.25, 0.3) is 5.91 Å². The lowest BCUT2D eigenvalue weighted by Crippen LogP contribution is -2.28. The number of amidine groups is 1. The van der Waals surface area contributed by atoms with Gasteiger partial charge in [-0.15, -0.1) is 0 Å². The summed E-state index contributed by atoms with van der Waals surface area (Å²) >= 11 is 1.20. The van der Waals surface area contributed by atoms with Crippen LogP contribution in [-0.4, -0.2) is 45.8 Å². The summed E-state index contributed by atoms with van der Waals surface area (Å²) in [4.78, 5) is 30.3. The van der Waals surface area contributed by atoms with E-state index in [2.05, 4.69) is 4.99 Å². The van der Waals surface area contributed by atoms with Crippen LogP contribution in [0.15, 0.2) is 52.4 Å². The van der Waals surface area contributed by atoms with Crippen molar-refractivity contribution in [1.29, 1.82) is 0 Å². The maximum absolute atomic E-state index is 12.7. The molecule has 0 bridgehead atoms. The van der Waals surface area contributed by atoms with Gasteiger partial charge < -0.3 is 14.9 Å². The highest BCUT2D eigenvalue weighted by molar-refractivity contribution is 8.18. The minimum Gasteiger partial charge on any atom is -0.504 e. The van der Waals surface area contributed by atoms with Crippen molar-refractivity contribution >= 4 is 40.6 Å². The molecule has 2 aromatic carbocycles. The van der Waals surface area contributed by atoms with Crippen LogP contribution in [0.3, 0.4) is 0 Å². The van der Waals surface area contributed by atoms with Gasteiger partial charge >= 0.3 is 5.97 Å². The first kappa shape index (κ1) is 19.5. The Bertz CT molecular complexity index is 1000. The van der Waals surface area contributed by atoms with E-state index >= 15 is 0 Å². The molecule has 1 fully saturated rings. The number of aromatic carboxylic acids is 1. The zero-order chi connectivity index (χ0) is 20.3. The SMILES string of the molecule is CCN1C(=O)/C(=C/c2ccc(OC)c(O)c2)SC1=Nc1cccc(C(=O)O)c1. The minimum atomic E-state index is -1.04. The predicted molar refractivity (Wildman–Crippen MR) is 108 cm³/mol. The average Bonchev–Trinajstić information content (AvgIpc) is 2.96. The van der Waals surface area contributed by atoms with E-state index in [-0.39, 0.29) is 17.2 Å². The van der Waals surface area contributed by atoms with E-state index < -0.39 is 5.97 Å². The molecule has 0 aliphatic carbocycles. The Morgan fingerprint density at radius 2 is 2.07 bits per heavy atom. The Morgan fingerprint density at radius 3 is 2.71 bits per heavy atom. The van der Waals surface area contributed by atoms with Crippen molar-refractivity contribution in [2.24, 2.45) is 4.99 Å². The van der Waals surface area contributed by atoms with Crippen molar-refractivity contribution < 1.29 is 24.5 Å². The molecule has 1 aliphatic heterocycles. The van der Waals surface area contributed by atoms with Gasteiger partial charge in [0.1, 0.15) is 0 Å². The Hall–Kier alpha value is -3.26. The third-order valence-corrected chi connectivity index (χ3v) is 5.03. The van der Waals surface area contributed by atoms with Crippen molar-refractivity contribution in [1.82, 2.24) is 4.90 Å². The highest BCUT2D eigenvalue weighted by atomic mass is 32.2. The molecule has 0 atom stereocenters. The summed E-state index contributed by atoms with van der Waals surface area (Å²) < 4.78 is 5.02. The lowest BCUT2D eigenvalue weighted by atomic mass is 10.2. The minimum absolute atomic E-state index is 0.0148. The number of carbonyl (C=O) groups excluding carboxylic acids is 1. The second-order valence-corrected chi connectivity index (χ2v) is 6.85. The van der Waals surface area contributed by atoms with E-state index in [0.717, 1.165) is 0 Å². The quantitative estimate of drug-likeness (QED) is 0.745. The summed E-state index contributed by atoms with van der Waals surface area (Å²) in [6.45, 7) is 2.26. The molecule has 1 saturated heterocycles. The Morgan fingerprint density at radius 1 is 1.29 bits per heavy atom. The van der Waals surface area contributed by atoms with Gasteiger partial charge in [0.2, 0.25) is 0 Å². The van der Waals surface area contributed by atoms with Crippen LogP contribution in [0.25, 0.3) is 6.08 Å². The number of ether oxygens (including phenoxy) is 1. The first-order valence-electron chi connectivity index (χ1n) is 8.43. The second-order valence-electron chi connectivity index (χ2n) is 5.84. The normalized spacial score (nSPS) is 16.8. The number of amides is 1. The van der Waals surface area contributed by atoms with Gasteiger partial charge in [-0.2, -0.15) is 0 Å². The lowest BCUT2D eigenvalue weighted by Gasteiger charge is -2.12. The predicted octanol–water partition coefficient (Wildman–Crippen LogP) is 3.72. The maximum Gasteiger partial charge on any atom is 0.335 e. The number of hydrogen-bond donors (Lipinski definition) is 2. The maximum atomic E-state index is 12.7. The number of carbonyl (C=O) groups is 2. The van der Waals surface area contributed by atoms with E-state index in [9.17, 15) is 14.7 Å².